The second kappa shape index (κ2) is 10.2. The summed E-state index contributed by atoms with van der Waals surface area (Å²) in [6.45, 7) is 2.49. The van der Waals surface area contributed by atoms with Crippen molar-refractivity contribution >= 4 is 33.2 Å². The summed E-state index contributed by atoms with van der Waals surface area (Å²) in [6.07, 6.45) is 1.99. The zero-order valence-electron chi connectivity index (χ0n) is 17.5. The van der Waals surface area contributed by atoms with Gasteiger partial charge in [0.1, 0.15) is 12.4 Å². The molecule has 0 radical (unpaired) electrons. The van der Waals surface area contributed by atoms with Crippen LogP contribution in [0.1, 0.15) is 23.2 Å². The summed E-state index contributed by atoms with van der Waals surface area (Å²) < 4.78 is 43.5. The molecule has 2 aliphatic rings. The van der Waals surface area contributed by atoms with Crippen LogP contribution in [0.25, 0.3) is 0 Å². The molecule has 2 saturated heterocycles. The Kier molecular flexibility index (Phi) is 7.32. The van der Waals surface area contributed by atoms with E-state index in [-0.39, 0.29) is 11.0 Å². The predicted molar refractivity (Wildman–Crippen MR) is 120 cm³/mol. The van der Waals surface area contributed by atoms with E-state index in [0.717, 1.165) is 19.4 Å². The summed E-state index contributed by atoms with van der Waals surface area (Å²) >= 11 is 6.11. The minimum atomic E-state index is -3.62. The number of rotatable bonds is 7. The topological polar surface area (TPSA) is 94.2 Å². The summed E-state index contributed by atoms with van der Waals surface area (Å²) in [7, 11) is -3.62. The van der Waals surface area contributed by atoms with E-state index in [9.17, 15) is 13.2 Å². The minimum absolute atomic E-state index is 0.0372. The number of hydrogen-bond acceptors (Lipinski definition) is 6. The van der Waals surface area contributed by atoms with Gasteiger partial charge in [-0.15, -0.1) is 0 Å². The fourth-order valence-electron chi connectivity index (χ4n) is 3.59. The van der Waals surface area contributed by atoms with Gasteiger partial charge in [0.2, 0.25) is 10.0 Å². The molecule has 10 heteroatoms. The molecule has 1 amide bonds. The Hall–Kier alpha value is -2.17. The van der Waals surface area contributed by atoms with Crippen LogP contribution >= 0.6 is 11.6 Å². The molecule has 172 valence electrons. The third kappa shape index (κ3) is 5.41. The molecule has 2 fully saturated rings. The fraction of sp³-hybridized carbons (Fsp3) is 0.409. The molecule has 1 atom stereocenters. The summed E-state index contributed by atoms with van der Waals surface area (Å²) in [4.78, 5) is 12.9. The van der Waals surface area contributed by atoms with E-state index in [2.05, 4.69) is 5.32 Å². The molecule has 0 aromatic heterocycles. The van der Waals surface area contributed by atoms with Gasteiger partial charge in [-0.05, 0) is 55.3 Å². The van der Waals surface area contributed by atoms with E-state index in [0.29, 0.717) is 54.9 Å². The van der Waals surface area contributed by atoms with Crippen molar-refractivity contribution in [1.82, 2.24) is 4.31 Å². The Bertz CT molecular complexity index is 1050. The number of amides is 1. The van der Waals surface area contributed by atoms with E-state index >= 15 is 0 Å². The van der Waals surface area contributed by atoms with Crippen molar-refractivity contribution in [3.8, 4) is 5.75 Å². The second-order valence-electron chi connectivity index (χ2n) is 7.58. The molecule has 2 aliphatic heterocycles. The van der Waals surface area contributed by atoms with Crippen molar-refractivity contribution in [3.05, 3.63) is 53.1 Å². The van der Waals surface area contributed by atoms with Gasteiger partial charge in [0, 0.05) is 30.3 Å². The van der Waals surface area contributed by atoms with Gasteiger partial charge in [-0.25, -0.2) is 8.42 Å². The molecule has 2 aromatic rings. The first-order chi connectivity index (χ1) is 15.4. The lowest BCUT2D eigenvalue weighted by atomic mass is 10.2. The number of benzene rings is 2. The number of hydrogen-bond donors (Lipinski definition) is 1. The van der Waals surface area contributed by atoms with Gasteiger partial charge in [-0.3, -0.25) is 4.79 Å². The van der Waals surface area contributed by atoms with Gasteiger partial charge in [0.15, 0.2) is 0 Å². The van der Waals surface area contributed by atoms with Crippen LogP contribution in [0.2, 0.25) is 5.02 Å². The molecule has 32 heavy (non-hydrogen) atoms. The average Bonchev–Trinajstić information content (AvgIpc) is 3.33. The van der Waals surface area contributed by atoms with Crippen LogP contribution in [-0.4, -0.2) is 64.3 Å². The quantitative estimate of drug-likeness (QED) is 0.654. The highest BCUT2D eigenvalue weighted by Gasteiger charge is 2.26. The van der Waals surface area contributed by atoms with Crippen LogP contribution in [0.5, 0.6) is 5.75 Å². The zero-order chi connectivity index (χ0) is 22.6. The standard InChI is InChI=1S/C22H25ClN2O6S/c23-17-5-8-21(31-15-18-2-1-11-30-18)20(14-17)24-22(26)16-3-6-19(7-4-16)32(27,28)25-9-12-29-13-10-25/h3-8,14,18H,1-2,9-13,15H2,(H,24,26). The van der Waals surface area contributed by atoms with Gasteiger partial charge in [-0.2, -0.15) is 4.31 Å². The summed E-state index contributed by atoms with van der Waals surface area (Å²) in [5.74, 6) is 0.0920. The van der Waals surface area contributed by atoms with Gasteiger partial charge in [-0.1, -0.05) is 11.6 Å². The van der Waals surface area contributed by atoms with Crippen LogP contribution in [-0.2, 0) is 19.5 Å². The van der Waals surface area contributed by atoms with Gasteiger partial charge in [0.05, 0.1) is 29.9 Å². The molecule has 0 saturated carbocycles. The predicted octanol–water partition coefficient (Wildman–Crippen LogP) is 3.17. The maximum atomic E-state index is 12.8. The number of morpholine rings is 1. The van der Waals surface area contributed by atoms with Crippen molar-refractivity contribution in [3.63, 3.8) is 0 Å². The monoisotopic (exact) mass is 480 g/mol. The Morgan fingerprint density at radius 2 is 1.88 bits per heavy atom. The summed E-state index contributed by atoms with van der Waals surface area (Å²) in [5, 5.41) is 3.25. The average molecular weight is 481 g/mol. The zero-order valence-corrected chi connectivity index (χ0v) is 19.0. The van der Waals surface area contributed by atoms with E-state index < -0.39 is 15.9 Å². The van der Waals surface area contributed by atoms with Crippen LogP contribution in [0, 0.1) is 0 Å². The lowest BCUT2D eigenvalue weighted by Gasteiger charge is -2.26. The Balaban J connectivity index is 1.45. The first-order valence-electron chi connectivity index (χ1n) is 10.5. The van der Waals surface area contributed by atoms with Crippen LogP contribution in [0.15, 0.2) is 47.4 Å². The van der Waals surface area contributed by atoms with Crippen molar-refractivity contribution < 1.29 is 27.4 Å². The lowest BCUT2D eigenvalue weighted by molar-refractivity contribution is 0.0682. The SMILES string of the molecule is O=C(Nc1cc(Cl)ccc1OCC1CCCO1)c1ccc(S(=O)(=O)N2CCOCC2)cc1. The molecular formula is C22H25ClN2O6S. The van der Waals surface area contributed by atoms with Crippen molar-refractivity contribution in [2.75, 3.05) is 44.8 Å². The Labute approximate surface area is 192 Å². The van der Waals surface area contributed by atoms with Crippen molar-refractivity contribution in [2.45, 2.75) is 23.8 Å². The van der Waals surface area contributed by atoms with Crippen molar-refractivity contribution in [1.29, 1.82) is 0 Å². The van der Waals surface area contributed by atoms with E-state index in [4.69, 9.17) is 25.8 Å². The third-order valence-electron chi connectivity index (χ3n) is 5.36. The maximum Gasteiger partial charge on any atom is 0.255 e. The Morgan fingerprint density at radius 3 is 2.56 bits per heavy atom. The molecule has 1 unspecified atom stereocenters. The van der Waals surface area contributed by atoms with Crippen LogP contribution in [0.3, 0.4) is 0 Å². The number of nitrogens with zero attached hydrogens (tertiary/aromatic N) is 1. The third-order valence-corrected chi connectivity index (χ3v) is 7.51. The number of nitrogens with one attached hydrogen (secondary N) is 1. The molecular weight excluding hydrogens is 456 g/mol. The fourth-order valence-corrected chi connectivity index (χ4v) is 5.17. The molecule has 2 aromatic carbocycles. The Morgan fingerprint density at radius 1 is 1.12 bits per heavy atom. The van der Waals surface area contributed by atoms with Gasteiger partial charge >= 0.3 is 0 Å². The molecule has 8 nitrogen and oxygen atoms in total. The highest BCUT2D eigenvalue weighted by Crippen LogP contribution is 2.29. The number of carbonyl (C=O) groups excluding carboxylic acids is 1. The van der Waals surface area contributed by atoms with Gasteiger partial charge < -0.3 is 19.5 Å². The normalized spacial score (nSPS) is 19.6. The number of sulfonamides is 1. The molecule has 0 aliphatic carbocycles. The van der Waals surface area contributed by atoms with Crippen LogP contribution < -0.4 is 10.1 Å². The minimum Gasteiger partial charge on any atom is -0.489 e. The first kappa shape index (κ1) is 23.0. The highest BCUT2D eigenvalue weighted by atomic mass is 35.5. The lowest BCUT2D eigenvalue weighted by Crippen LogP contribution is -2.40. The second-order valence-corrected chi connectivity index (χ2v) is 9.96. The molecule has 0 spiro atoms. The highest BCUT2D eigenvalue weighted by molar-refractivity contribution is 7.89. The molecule has 0 bridgehead atoms. The summed E-state index contributed by atoms with van der Waals surface area (Å²) in [5.41, 5.74) is 0.751. The number of ether oxygens (including phenoxy) is 3. The molecule has 4 rings (SSSR count). The van der Waals surface area contributed by atoms with Crippen molar-refractivity contribution in [2.24, 2.45) is 0 Å². The maximum absolute atomic E-state index is 12.8. The number of anilines is 1. The van der Waals surface area contributed by atoms with E-state index in [1.165, 1.54) is 28.6 Å². The van der Waals surface area contributed by atoms with Crippen LogP contribution in [0.4, 0.5) is 5.69 Å². The smallest absolute Gasteiger partial charge is 0.255 e. The largest absolute Gasteiger partial charge is 0.489 e. The number of halogens is 1. The van der Waals surface area contributed by atoms with E-state index in [1.54, 1.807) is 18.2 Å². The van der Waals surface area contributed by atoms with Gasteiger partial charge in [0.25, 0.3) is 5.91 Å². The molecule has 2 heterocycles. The number of carbonyl (C=O) groups is 1. The summed E-state index contributed by atoms with van der Waals surface area (Å²) in [6, 6.07) is 10.8. The molecule has 1 N–H and O–H groups in total. The van der Waals surface area contributed by atoms with E-state index in [1.807, 2.05) is 0 Å². The first-order valence-corrected chi connectivity index (χ1v) is 12.3.